The maximum absolute atomic E-state index is 11.6. The molecule has 0 aliphatic heterocycles. The number of hydrogen-bond donors (Lipinski definition) is 2. The molecular formula is C15H22N2O2S. The van der Waals surface area contributed by atoms with E-state index in [2.05, 4.69) is 10.0 Å². The second kappa shape index (κ2) is 5.37. The SMILES string of the molecule is CNS(=O)(=O)c1ccc(NCC(C2CC2)C2CC2)cc1. The van der Waals surface area contributed by atoms with Gasteiger partial charge in [-0.3, -0.25) is 0 Å². The standard InChI is InChI=1S/C15H22N2O2S/c1-16-20(18,19)14-8-6-13(7-9-14)17-10-15(11-2-3-11)12-4-5-12/h6-9,11-12,15-17H,2-5,10H2,1H3. The second-order valence-corrected chi connectivity index (χ2v) is 7.84. The minimum atomic E-state index is -3.33. The minimum absolute atomic E-state index is 0.312. The van der Waals surface area contributed by atoms with Crippen molar-refractivity contribution in [1.82, 2.24) is 4.72 Å². The molecule has 2 saturated carbocycles. The second-order valence-electron chi connectivity index (χ2n) is 5.95. The maximum atomic E-state index is 11.6. The predicted octanol–water partition coefficient (Wildman–Crippen LogP) is 2.44. The van der Waals surface area contributed by atoms with Crippen LogP contribution >= 0.6 is 0 Å². The Kier molecular flexibility index (Phi) is 3.73. The summed E-state index contributed by atoms with van der Waals surface area (Å²) in [5.74, 6) is 2.67. The van der Waals surface area contributed by atoms with Crippen LogP contribution in [0.4, 0.5) is 5.69 Å². The van der Waals surface area contributed by atoms with Crippen LogP contribution in [0, 0.1) is 17.8 Å². The fraction of sp³-hybridized carbons (Fsp3) is 0.600. The number of anilines is 1. The highest BCUT2D eigenvalue weighted by Gasteiger charge is 2.40. The molecule has 0 spiro atoms. The Bertz CT molecular complexity index is 548. The molecule has 2 aliphatic rings. The van der Waals surface area contributed by atoms with E-state index in [1.165, 1.54) is 32.7 Å². The molecule has 2 fully saturated rings. The first kappa shape index (κ1) is 13.9. The number of nitrogens with one attached hydrogen (secondary N) is 2. The Labute approximate surface area is 121 Å². The van der Waals surface area contributed by atoms with E-state index in [1.54, 1.807) is 12.1 Å². The number of hydrogen-bond acceptors (Lipinski definition) is 3. The van der Waals surface area contributed by atoms with Gasteiger partial charge in [0.25, 0.3) is 0 Å². The topological polar surface area (TPSA) is 58.2 Å². The van der Waals surface area contributed by atoms with E-state index in [9.17, 15) is 8.42 Å². The maximum Gasteiger partial charge on any atom is 0.240 e. The fourth-order valence-electron chi connectivity index (χ4n) is 2.87. The first-order valence-electron chi connectivity index (χ1n) is 7.37. The van der Waals surface area contributed by atoms with Crippen LogP contribution in [0.2, 0.25) is 0 Å². The van der Waals surface area contributed by atoms with Crippen molar-refractivity contribution in [2.75, 3.05) is 18.9 Å². The van der Waals surface area contributed by atoms with Crippen LogP contribution in [0.1, 0.15) is 25.7 Å². The molecular weight excluding hydrogens is 272 g/mol. The predicted molar refractivity (Wildman–Crippen MR) is 80.1 cm³/mol. The van der Waals surface area contributed by atoms with Crippen LogP contribution in [-0.2, 0) is 10.0 Å². The van der Waals surface area contributed by atoms with Crippen molar-refractivity contribution >= 4 is 15.7 Å². The molecule has 0 bridgehead atoms. The lowest BCUT2D eigenvalue weighted by Gasteiger charge is -2.17. The molecule has 4 nitrogen and oxygen atoms in total. The molecule has 0 saturated heterocycles. The Morgan fingerprint density at radius 3 is 2.10 bits per heavy atom. The van der Waals surface area contributed by atoms with Gasteiger partial charge in [-0.05, 0) is 74.8 Å². The first-order valence-corrected chi connectivity index (χ1v) is 8.86. The summed E-state index contributed by atoms with van der Waals surface area (Å²) >= 11 is 0. The van der Waals surface area contributed by atoms with Gasteiger partial charge >= 0.3 is 0 Å². The zero-order chi connectivity index (χ0) is 14.2. The summed E-state index contributed by atoms with van der Waals surface area (Å²) in [6.45, 7) is 1.02. The lowest BCUT2D eigenvalue weighted by atomic mass is 9.98. The Morgan fingerprint density at radius 1 is 1.10 bits per heavy atom. The van der Waals surface area contributed by atoms with Crippen molar-refractivity contribution < 1.29 is 8.42 Å². The van der Waals surface area contributed by atoms with Crippen LogP contribution in [0.25, 0.3) is 0 Å². The van der Waals surface area contributed by atoms with Crippen LogP contribution in [0.15, 0.2) is 29.2 Å². The molecule has 0 radical (unpaired) electrons. The lowest BCUT2D eigenvalue weighted by Crippen LogP contribution is -2.19. The molecule has 20 heavy (non-hydrogen) atoms. The van der Waals surface area contributed by atoms with E-state index in [0.717, 1.165) is 30.0 Å². The summed E-state index contributed by atoms with van der Waals surface area (Å²) in [4.78, 5) is 0.312. The van der Waals surface area contributed by atoms with Crippen LogP contribution in [0.5, 0.6) is 0 Å². The molecule has 0 aromatic heterocycles. The molecule has 3 rings (SSSR count). The van der Waals surface area contributed by atoms with Crippen molar-refractivity contribution in [3.05, 3.63) is 24.3 Å². The van der Waals surface area contributed by atoms with Crippen LogP contribution < -0.4 is 10.0 Å². The van der Waals surface area contributed by atoms with Gasteiger partial charge < -0.3 is 5.32 Å². The highest BCUT2D eigenvalue weighted by Crippen LogP contribution is 2.49. The molecule has 0 atom stereocenters. The van der Waals surface area contributed by atoms with Gasteiger partial charge in [-0.1, -0.05) is 0 Å². The van der Waals surface area contributed by atoms with E-state index >= 15 is 0 Å². The number of benzene rings is 1. The molecule has 2 aliphatic carbocycles. The molecule has 0 unspecified atom stereocenters. The average molecular weight is 294 g/mol. The molecule has 1 aromatic carbocycles. The molecule has 5 heteroatoms. The fourth-order valence-corrected chi connectivity index (χ4v) is 3.60. The zero-order valence-corrected chi connectivity index (χ0v) is 12.6. The molecule has 1 aromatic rings. The van der Waals surface area contributed by atoms with Gasteiger partial charge in [0.2, 0.25) is 10.0 Å². The third-order valence-electron chi connectivity index (χ3n) is 4.43. The third-order valence-corrected chi connectivity index (χ3v) is 5.86. The van der Waals surface area contributed by atoms with Crippen molar-refractivity contribution in [1.29, 1.82) is 0 Å². The van der Waals surface area contributed by atoms with Crippen molar-refractivity contribution in [2.24, 2.45) is 17.8 Å². The normalized spacial score (nSPS) is 19.3. The quantitative estimate of drug-likeness (QED) is 0.812. The summed E-state index contributed by atoms with van der Waals surface area (Å²) in [5.41, 5.74) is 1.01. The Hall–Kier alpha value is -1.07. The van der Waals surface area contributed by atoms with E-state index in [4.69, 9.17) is 0 Å². The zero-order valence-electron chi connectivity index (χ0n) is 11.8. The van der Waals surface area contributed by atoms with Gasteiger partial charge in [-0.15, -0.1) is 0 Å². The monoisotopic (exact) mass is 294 g/mol. The minimum Gasteiger partial charge on any atom is -0.385 e. The van der Waals surface area contributed by atoms with E-state index in [0.29, 0.717) is 4.90 Å². The average Bonchev–Trinajstić information content (AvgIpc) is 3.33. The molecule has 2 N–H and O–H groups in total. The van der Waals surface area contributed by atoms with Gasteiger partial charge in [0, 0.05) is 12.2 Å². The Balaban J connectivity index is 1.60. The first-order chi connectivity index (χ1) is 9.60. The van der Waals surface area contributed by atoms with Crippen molar-refractivity contribution in [2.45, 2.75) is 30.6 Å². The van der Waals surface area contributed by atoms with E-state index < -0.39 is 10.0 Å². The lowest BCUT2D eigenvalue weighted by molar-refractivity contribution is 0.428. The molecule has 110 valence electrons. The largest absolute Gasteiger partial charge is 0.385 e. The summed E-state index contributed by atoms with van der Waals surface area (Å²) in [6, 6.07) is 7.00. The Morgan fingerprint density at radius 2 is 1.65 bits per heavy atom. The summed E-state index contributed by atoms with van der Waals surface area (Å²) in [5, 5.41) is 3.47. The van der Waals surface area contributed by atoms with E-state index in [-0.39, 0.29) is 0 Å². The van der Waals surface area contributed by atoms with Gasteiger partial charge in [0.1, 0.15) is 0 Å². The van der Waals surface area contributed by atoms with Crippen molar-refractivity contribution in [3.8, 4) is 0 Å². The van der Waals surface area contributed by atoms with Gasteiger partial charge in [-0.2, -0.15) is 0 Å². The molecule has 0 heterocycles. The summed E-state index contributed by atoms with van der Waals surface area (Å²) < 4.78 is 25.6. The highest BCUT2D eigenvalue weighted by molar-refractivity contribution is 7.89. The highest BCUT2D eigenvalue weighted by atomic mass is 32.2. The summed E-state index contributed by atoms with van der Waals surface area (Å²) in [6.07, 6.45) is 5.56. The van der Waals surface area contributed by atoms with Gasteiger partial charge in [0.15, 0.2) is 0 Å². The third kappa shape index (κ3) is 3.15. The van der Waals surface area contributed by atoms with Crippen molar-refractivity contribution in [3.63, 3.8) is 0 Å². The van der Waals surface area contributed by atoms with Crippen LogP contribution in [0.3, 0.4) is 0 Å². The van der Waals surface area contributed by atoms with E-state index in [1.807, 2.05) is 12.1 Å². The smallest absolute Gasteiger partial charge is 0.240 e. The number of rotatable bonds is 7. The van der Waals surface area contributed by atoms with Gasteiger partial charge in [0.05, 0.1) is 4.90 Å². The molecule has 0 amide bonds. The van der Waals surface area contributed by atoms with Crippen LogP contribution in [-0.4, -0.2) is 22.0 Å². The summed E-state index contributed by atoms with van der Waals surface area (Å²) in [7, 11) is -1.90. The number of sulfonamides is 1. The van der Waals surface area contributed by atoms with Gasteiger partial charge in [-0.25, -0.2) is 13.1 Å².